The van der Waals surface area contributed by atoms with Crippen LogP contribution >= 0.6 is 0 Å². The van der Waals surface area contributed by atoms with E-state index in [1.165, 1.54) is 5.56 Å². The minimum atomic E-state index is -0.516. The van der Waals surface area contributed by atoms with Crippen molar-refractivity contribution in [1.82, 2.24) is 5.32 Å². The largest absolute Gasteiger partial charge is 0.456 e. The Labute approximate surface area is 190 Å². The van der Waals surface area contributed by atoms with E-state index < -0.39 is 6.10 Å². The van der Waals surface area contributed by atoms with Gasteiger partial charge in [-0.3, -0.25) is 9.59 Å². The standard InChI is InChI=1S/C28H31NO3/c1-21-13-16-25(19-22(21)2)26(32-28(31)18-15-24-11-7-4-8-12-24)20-29-27(30)17-14-23-9-5-3-6-10-23/h3-13,16,19,26H,14-15,17-18,20H2,1-2H3,(H,29,30)/t26-/m0/s1. The number of hydrogen-bond donors (Lipinski definition) is 1. The molecule has 1 N–H and O–H groups in total. The topological polar surface area (TPSA) is 55.4 Å². The normalized spacial score (nSPS) is 11.6. The van der Waals surface area contributed by atoms with Gasteiger partial charge in [0.2, 0.25) is 5.91 Å². The zero-order valence-electron chi connectivity index (χ0n) is 18.8. The van der Waals surface area contributed by atoms with E-state index in [0.717, 1.165) is 22.3 Å². The number of ether oxygens (including phenoxy) is 1. The van der Waals surface area contributed by atoms with Crippen LogP contribution in [0.1, 0.15) is 46.8 Å². The van der Waals surface area contributed by atoms with Crippen LogP contribution in [-0.4, -0.2) is 18.4 Å². The van der Waals surface area contributed by atoms with Crippen LogP contribution < -0.4 is 5.32 Å². The van der Waals surface area contributed by atoms with Crippen molar-refractivity contribution in [1.29, 1.82) is 0 Å². The summed E-state index contributed by atoms with van der Waals surface area (Å²) in [7, 11) is 0. The predicted octanol–water partition coefficient (Wildman–Crippen LogP) is 5.27. The number of rotatable bonds is 10. The van der Waals surface area contributed by atoms with Gasteiger partial charge in [-0.1, -0.05) is 78.9 Å². The lowest BCUT2D eigenvalue weighted by Crippen LogP contribution is -2.30. The molecule has 0 heterocycles. The smallest absolute Gasteiger partial charge is 0.306 e. The molecule has 0 bridgehead atoms. The van der Waals surface area contributed by atoms with E-state index in [-0.39, 0.29) is 18.4 Å². The van der Waals surface area contributed by atoms with Gasteiger partial charge in [0.25, 0.3) is 0 Å². The molecule has 32 heavy (non-hydrogen) atoms. The van der Waals surface area contributed by atoms with E-state index in [4.69, 9.17) is 4.74 Å². The molecule has 4 heteroatoms. The maximum absolute atomic E-state index is 12.6. The highest BCUT2D eigenvalue weighted by atomic mass is 16.5. The summed E-state index contributed by atoms with van der Waals surface area (Å²) in [5, 5.41) is 2.95. The summed E-state index contributed by atoms with van der Waals surface area (Å²) in [5.74, 6) is -0.321. The Kier molecular flexibility index (Phi) is 8.61. The van der Waals surface area contributed by atoms with Crippen molar-refractivity contribution < 1.29 is 14.3 Å². The van der Waals surface area contributed by atoms with Crippen molar-refractivity contribution in [2.24, 2.45) is 0 Å². The van der Waals surface area contributed by atoms with Gasteiger partial charge >= 0.3 is 5.97 Å². The molecular formula is C28H31NO3. The van der Waals surface area contributed by atoms with Gasteiger partial charge in [-0.25, -0.2) is 0 Å². The Hall–Kier alpha value is -3.40. The Morgan fingerprint density at radius 2 is 1.38 bits per heavy atom. The second kappa shape index (κ2) is 11.8. The molecule has 0 radical (unpaired) electrons. The van der Waals surface area contributed by atoms with E-state index in [9.17, 15) is 9.59 Å². The zero-order chi connectivity index (χ0) is 22.8. The molecule has 3 aromatic carbocycles. The van der Waals surface area contributed by atoms with Gasteiger partial charge in [0.15, 0.2) is 0 Å². The summed E-state index contributed by atoms with van der Waals surface area (Å²) in [5.41, 5.74) is 5.42. The summed E-state index contributed by atoms with van der Waals surface area (Å²) in [6.45, 7) is 4.34. The number of amides is 1. The molecule has 0 saturated carbocycles. The van der Waals surface area contributed by atoms with Crippen LogP contribution in [0.5, 0.6) is 0 Å². The molecule has 1 amide bonds. The van der Waals surface area contributed by atoms with Crippen molar-refractivity contribution in [3.8, 4) is 0 Å². The summed E-state index contributed by atoms with van der Waals surface area (Å²) in [6, 6.07) is 25.8. The van der Waals surface area contributed by atoms with Crippen molar-refractivity contribution in [2.45, 2.75) is 45.6 Å². The summed E-state index contributed by atoms with van der Waals surface area (Å²) < 4.78 is 5.81. The molecule has 0 aliphatic heterocycles. The first kappa shape index (κ1) is 23.3. The van der Waals surface area contributed by atoms with Crippen LogP contribution in [0, 0.1) is 13.8 Å². The SMILES string of the molecule is Cc1ccc([C@H](CNC(=O)CCc2ccccc2)OC(=O)CCc2ccccc2)cc1C. The Balaban J connectivity index is 1.59. The third-order valence-corrected chi connectivity index (χ3v) is 5.61. The molecule has 0 saturated heterocycles. The molecular weight excluding hydrogens is 398 g/mol. The number of aryl methyl sites for hydroxylation is 4. The number of carbonyl (C=O) groups excluding carboxylic acids is 2. The highest BCUT2D eigenvalue weighted by molar-refractivity contribution is 5.76. The van der Waals surface area contributed by atoms with Crippen LogP contribution in [0.4, 0.5) is 0 Å². The lowest BCUT2D eigenvalue weighted by Gasteiger charge is -2.20. The van der Waals surface area contributed by atoms with Gasteiger partial charge in [0.1, 0.15) is 6.10 Å². The van der Waals surface area contributed by atoms with Gasteiger partial charge in [0.05, 0.1) is 6.54 Å². The van der Waals surface area contributed by atoms with Gasteiger partial charge in [-0.15, -0.1) is 0 Å². The van der Waals surface area contributed by atoms with Crippen LogP contribution in [-0.2, 0) is 27.2 Å². The average Bonchev–Trinajstić information content (AvgIpc) is 2.82. The van der Waals surface area contributed by atoms with Crippen LogP contribution in [0.3, 0.4) is 0 Å². The molecule has 3 aromatic rings. The van der Waals surface area contributed by atoms with Gasteiger partial charge in [-0.05, 0) is 54.5 Å². The third kappa shape index (κ3) is 7.38. The van der Waals surface area contributed by atoms with Crippen molar-refractivity contribution >= 4 is 11.9 Å². The first-order chi connectivity index (χ1) is 15.5. The Morgan fingerprint density at radius 1 is 0.781 bits per heavy atom. The van der Waals surface area contributed by atoms with Crippen LogP contribution in [0.15, 0.2) is 78.9 Å². The number of carbonyl (C=O) groups is 2. The zero-order valence-corrected chi connectivity index (χ0v) is 18.8. The molecule has 0 unspecified atom stereocenters. The van der Waals surface area contributed by atoms with Crippen molar-refractivity contribution in [3.63, 3.8) is 0 Å². The lowest BCUT2D eigenvalue weighted by molar-refractivity contribution is -0.149. The maximum Gasteiger partial charge on any atom is 0.306 e. The quantitative estimate of drug-likeness (QED) is 0.447. The Bertz CT molecular complexity index is 1020. The molecule has 4 nitrogen and oxygen atoms in total. The molecule has 0 aromatic heterocycles. The average molecular weight is 430 g/mol. The lowest BCUT2D eigenvalue weighted by atomic mass is 10.0. The minimum Gasteiger partial charge on any atom is -0.456 e. The number of hydrogen-bond acceptors (Lipinski definition) is 3. The maximum atomic E-state index is 12.6. The molecule has 0 spiro atoms. The minimum absolute atomic E-state index is 0.0528. The van der Waals surface area contributed by atoms with Crippen molar-refractivity contribution in [2.75, 3.05) is 6.54 Å². The number of esters is 1. The molecule has 166 valence electrons. The molecule has 3 rings (SSSR count). The van der Waals surface area contributed by atoms with Crippen LogP contribution in [0.2, 0.25) is 0 Å². The fourth-order valence-corrected chi connectivity index (χ4v) is 3.50. The van der Waals surface area contributed by atoms with E-state index >= 15 is 0 Å². The number of nitrogens with one attached hydrogen (secondary N) is 1. The van der Waals surface area contributed by atoms with Gasteiger partial charge in [0, 0.05) is 12.8 Å². The number of benzene rings is 3. The summed E-state index contributed by atoms with van der Waals surface area (Å²) in [6.07, 6.45) is 1.48. The monoisotopic (exact) mass is 429 g/mol. The first-order valence-electron chi connectivity index (χ1n) is 11.1. The first-order valence-corrected chi connectivity index (χ1v) is 11.1. The fourth-order valence-electron chi connectivity index (χ4n) is 3.50. The summed E-state index contributed by atoms with van der Waals surface area (Å²) >= 11 is 0. The predicted molar refractivity (Wildman–Crippen MR) is 127 cm³/mol. The van der Waals surface area contributed by atoms with E-state index in [2.05, 4.69) is 5.32 Å². The third-order valence-electron chi connectivity index (χ3n) is 5.61. The highest BCUT2D eigenvalue weighted by Crippen LogP contribution is 2.21. The van der Waals surface area contributed by atoms with Gasteiger partial charge in [-0.2, -0.15) is 0 Å². The van der Waals surface area contributed by atoms with E-state index in [0.29, 0.717) is 25.7 Å². The molecule has 1 atom stereocenters. The van der Waals surface area contributed by atoms with E-state index in [1.807, 2.05) is 92.7 Å². The molecule has 0 aliphatic carbocycles. The highest BCUT2D eigenvalue weighted by Gasteiger charge is 2.18. The van der Waals surface area contributed by atoms with E-state index in [1.54, 1.807) is 0 Å². The van der Waals surface area contributed by atoms with Crippen LogP contribution in [0.25, 0.3) is 0 Å². The fraction of sp³-hybridized carbons (Fsp3) is 0.286. The molecule has 0 aliphatic rings. The molecule has 0 fully saturated rings. The summed E-state index contributed by atoms with van der Waals surface area (Å²) in [4.78, 5) is 25.0. The van der Waals surface area contributed by atoms with Gasteiger partial charge < -0.3 is 10.1 Å². The van der Waals surface area contributed by atoms with Crippen molar-refractivity contribution in [3.05, 3.63) is 107 Å². The second-order valence-corrected chi connectivity index (χ2v) is 8.10. The second-order valence-electron chi connectivity index (χ2n) is 8.10. The Morgan fingerprint density at radius 3 is 1.97 bits per heavy atom.